The van der Waals surface area contributed by atoms with Crippen molar-refractivity contribution < 1.29 is 4.57 Å². The molecule has 0 saturated heterocycles. The molecule has 0 amide bonds. The van der Waals surface area contributed by atoms with E-state index in [1.807, 2.05) is 12.1 Å². The van der Waals surface area contributed by atoms with Gasteiger partial charge in [-0.2, -0.15) is 0 Å². The van der Waals surface area contributed by atoms with E-state index in [9.17, 15) is 0 Å². The largest absolute Gasteiger partial charge is 0.254 e. The Kier molecular flexibility index (Phi) is 8.24. The molecule has 0 radical (unpaired) electrons. The summed E-state index contributed by atoms with van der Waals surface area (Å²) in [6.45, 7) is 3.42. The van der Waals surface area contributed by atoms with Crippen LogP contribution in [0.25, 0.3) is 0 Å². The van der Waals surface area contributed by atoms with E-state index in [2.05, 4.69) is 41.0 Å². The fourth-order valence-corrected chi connectivity index (χ4v) is 3.11. The third kappa shape index (κ3) is 6.78. The molecule has 0 aliphatic carbocycles. The summed E-state index contributed by atoms with van der Waals surface area (Å²) in [6, 6.07) is 8.23. The summed E-state index contributed by atoms with van der Waals surface area (Å²) in [5.41, 5.74) is 1.38. The van der Waals surface area contributed by atoms with Crippen molar-refractivity contribution >= 4 is 11.6 Å². The quantitative estimate of drug-likeness (QED) is 0.414. The summed E-state index contributed by atoms with van der Waals surface area (Å²) in [4.78, 5) is 3.41. The predicted octanol–water partition coefficient (Wildman–Crippen LogP) is 5.49. The number of nitrogens with one attached hydrogen (secondary N) is 1. The van der Waals surface area contributed by atoms with E-state index in [-0.39, 0.29) is 0 Å². The summed E-state index contributed by atoms with van der Waals surface area (Å²) >= 11 is 5.92. The third-order valence-electron chi connectivity index (χ3n) is 4.40. The van der Waals surface area contributed by atoms with Gasteiger partial charge in [-0.3, -0.25) is 0 Å². The van der Waals surface area contributed by atoms with E-state index in [1.54, 1.807) is 0 Å². The van der Waals surface area contributed by atoms with Crippen molar-refractivity contribution in [1.82, 2.24) is 4.98 Å². The molecule has 1 aromatic carbocycles. The number of halogens is 1. The summed E-state index contributed by atoms with van der Waals surface area (Å²) in [6.07, 6.45) is 15.7. The molecule has 1 heterocycles. The lowest BCUT2D eigenvalue weighted by molar-refractivity contribution is -0.703. The molecule has 0 unspecified atom stereocenters. The normalized spacial score (nSPS) is 11.0. The minimum Gasteiger partial charge on any atom is -0.248 e. The molecule has 2 rings (SSSR count). The molecular formula is C20H30ClN2+. The Labute approximate surface area is 145 Å². The van der Waals surface area contributed by atoms with Crippen LogP contribution in [0.2, 0.25) is 5.02 Å². The summed E-state index contributed by atoms with van der Waals surface area (Å²) in [7, 11) is 0. The van der Waals surface area contributed by atoms with Crippen molar-refractivity contribution in [2.45, 2.75) is 71.3 Å². The lowest BCUT2D eigenvalue weighted by Gasteiger charge is -2.03. The van der Waals surface area contributed by atoms with Gasteiger partial charge >= 0.3 is 0 Å². The van der Waals surface area contributed by atoms with Crippen molar-refractivity contribution in [3.05, 3.63) is 53.1 Å². The molecule has 3 heteroatoms. The average molecular weight is 334 g/mol. The van der Waals surface area contributed by atoms with Crippen LogP contribution in [0.3, 0.4) is 0 Å². The molecule has 0 aliphatic heterocycles. The number of benzene rings is 1. The van der Waals surface area contributed by atoms with Crippen LogP contribution in [-0.4, -0.2) is 4.98 Å². The van der Waals surface area contributed by atoms with Gasteiger partial charge in [-0.05, 0) is 49.8 Å². The number of H-pyrrole nitrogens is 1. The van der Waals surface area contributed by atoms with Gasteiger partial charge < -0.3 is 0 Å². The van der Waals surface area contributed by atoms with E-state index >= 15 is 0 Å². The highest BCUT2D eigenvalue weighted by Crippen LogP contribution is 2.12. The maximum Gasteiger partial charge on any atom is 0.254 e. The maximum atomic E-state index is 5.92. The molecular weight excluding hydrogens is 304 g/mol. The number of nitrogens with zero attached hydrogens (tertiary/aromatic N) is 1. The second-order valence-electron chi connectivity index (χ2n) is 6.35. The minimum absolute atomic E-state index is 0.820. The van der Waals surface area contributed by atoms with Gasteiger partial charge in [0.25, 0.3) is 5.82 Å². The monoisotopic (exact) mass is 333 g/mol. The molecule has 1 N–H and O–H groups in total. The maximum absolute atomic E-state index is 5.92. The van der Waals surface area contributed by atoms with Gasteiger partial charge in [0.15, 0.2) is 0 Å². The Morgan fingerprint density at radius 3 is 2.43 bits per heavy atom. The predicted molar refractivity (Wildman–Crippen MR) is 97.8 cm³/mol. The van der Waals surface area contributed by atoms with Crippen LogP contribution in [0.5, 0.6) is 0 Å². The first kappa shape index (κ1) is 18.1. The molecule has 0 bridgehead atoms. The van der Waals surface area contributed by atoms with Crippen LogP contribution in [0.15, 0.2) is 36.7 Å². The first-order valence-electron chi connectivity index (χ1n) is 9.09. The first-order chi connectivity index (χ1) is 11.3. The van der Waals surface area contributed by atoms with Crippen molar-refractivity contribution in [2.24, 2.45) is 0 Å². The van der Waals surface area contributed by atoms with Crippen LogP contribution in [0.4, 0.5) is 0 Å². The minimum atomic E-state index is 0.820. The summed E-state index contributed by atoms with van der Waals surface area (Å²) < 4.78 is 2.40. The highest BCUT2D eigenvalue weighted by atomic mass is 35.5. The lowest BCUT2D eigenvalue weighted by atomic mass is 10.1. The molecule has 126 valence electrons. The first-order valence-corrected chi connectivity index (χ1v) is 9.47. The zero-order valence-corrected chi connectivity index (χ0v) is 15.1. The van der Waals surface area contributed by atoms with Crippen LogP contribution in [-0.2, 0) is 19.4 Å². The number of imidazole rings is 1. The lowest BCUT2D eigenvalue weighted by Crippen LogP contribution is -2.36. The fraction of sp³-hybridized carbons (Fsp3) is 0.550. The average Bonchev–Trinajstić information content (AvgIpc) is 3.00. The van der Waals surface area contributed by atoms with Crippen LogP contribution in [0, 0.1) is 0 Å². The standard InChI is InChI=1S/C20H29ClN2/c1-2-3-4-5-8-16-23-17-15-22-20(23)10-7-6-9-18-11-13-19(21)14-12-18/h11-15,17H,2-10,16H2,1H3/p+1. The van der Waals surface area contributed by atoms with E-state index in [4.69, 9.17) is 11.6 Å². The number of rotatable bonds is 11. The Balaban J connectivity index is 1.65. The van der Waals surface area contributed by atoms with Crippen LogP contribution in [0.1, 0.15) is 63.3 Å². The van der Waals surface area contributed by atoms with Crippen molar-refractivity contribution in [2.75, 3.05) is 0 Å². The zero-order chi connectivity index (χ0) is 16.3. The van der Waals surface area contributed by atoms with Gasteiger partial charge in [-0.15, -0.1) is 0 Å². The van der Waals surface area contributed by atoms with E-state index in [0.29, 0.717) is 0 Å². The molecule has 2 nitrogen and oxygen atoms in total. The van der Waals surface area contributed by atoms with E-state index < -0.39 is 0 Å². The SMILES string of the molecule is CCCCCCC[n+]1cc[nH]c1CCCCc1ccc(Cl)cc1. The molecule has 0 atom stereocenters. The number of aromatic nitrogens is 2. The fourth-order valence-electron chi connectivity index (χ4n) is 2.98. The molecule has 0 fully saturated rings. The van der Waals surface area contributed by atoms with Gasteiger partial charge in [0.2, 0.25) is 0 Å². The second kappa shape index (κ2) is 10.5. The summed E-state index contributed by atoms with van der Waals surface area (Å²) in [5, 5.41) is 0.820. The van der Waals surface area contributed by atoms with Crippen molar-refractivity contribution in [3.8, 4) is 0 Å². The smallest absolute Gasteiger partial charge is 0.248 e. The Bertz CT molecular complexity index is 545. The number of aryl methyl sites for hydroxylation is 3. The number of hydrogen-bond acceptors (Lipinski definition) is 0. The third-order valence-corrected chi connectivity index (χ3v) is 4.65. The molecule has 2 aromatic rings. The van der Waals surface area contributed by atoms with Crippen molar-refractivity contribution in [1.29, 1.82) is 0 Å². The van der Waals surface area contributed by atoms with Gasteiger partial charge in [0, 0.05) is 11.4 Å². The second-order valence-corrected chi connectivity index (χ2v) is 6.78. The van der Waals surface area contributed by atoms with Gasteiger partial charge in [-0.25, -0.2) is 9.55 Å². The van der Waals surface area contributed by atoms with Gasteiger partial charge in [-0.1, -0.05) is 49.9 Å². The number of hydrogen-bond donors (Lipinski definition) is 1. The van der Waals surface area contributed by atoms with Gasteiger partial charge in [0.1, 0.15) is 12.4 Å². The van der Waals surface area contributed by atoms with Gasteiger partial charge in [0.05, 0.1) is 6.54 Å². The number of aromatic amines is 1. The topological polar surface area (TPSA) is 19.7 Å². The molecule has 1 aromatic heterocycles. The Morgan fingerprint density at radius 2 is 1.65 bits per heavy atom. The molecule has 23 heavy (non-hydrogen) atoms. The molecule has 0 saturated carbocycles. The summed E-state index contributed by atoms with van der Waals surface area (Å²) in [5.74, 6) is 1.37. The Morgan fingerprint density at radius 1 is 0.913 bits per heavy atom. The van der Waals surface area contributed by atoms with E-state index in [1.165, 1.54) is 56.3 Å². The highest BCUT2D eigenvalue weighted by Gasteiger charge is 2.09. The van der Waals surface area contributed by atoms with Crippen LogP contribution < -0.4 is 4.57 Å². The Hall–Kier alpha value is -1.28. The molecule has 0 aliphatic rings. The highest BCUT2D eigenvalue weighted by molar-refractivity contribution is 6.30. The molecule has 0 spiro atoms. The zero-order valence-electron chi connectivity index (χ0n) is 14.4. The van der Waals surface area contributed by atoms with Crippen LogP contribution >= 0.6 is 11.6 Å². The van der Waals surface area contributed by atoms with Crippen molar-refractivity contribution in [3.63, 3.8) is 0 Å². The number of unbranched alkanes of at least 4 members (excludes halogenated alkanes) is 5. The van der Waals surface area contributed by atoms with E-state index in [0.717, 1.165) is 24.4 Å².